The number of amidine groups is 1. The fourth-order valence-electron chi connectivity index (χ4n) is 1.42. The summed E-state index contributed by atoms with van der Waals surface area (Å²) in [5.74, 6) is 0.770. The van der Waals surface area contributed by atoms with Crippen LogP contribution in [-0.4, -0.2) is 12.4 Å². The summed E-state index contributed by atoms with van der Waals surface area (Å²) >= 11 is 0. The van der Waals surface area contributed by atoms with Gasteiger partial charge in [-0.3, -0.25) is 5.41 Å². The van der Waals surface area contributed by atoms with Gasteiger partial charge in [-0.1, -0.05) is 30.3 Å². The van der Waals surface area contributed by atoms with Gasteiger partial charge in [0.15, 0.2) is 0 Å². The lowest BCUT2D eigenvalue weighted by Gasteiger charge is -2.05. The van der Waals surface area contributed by atoms with E-state index in [4.69, 9.17) is 15.9 Å². The molecule has 0 spiro atoms. The van der Waals surface area contributed by atoms with Crippen LogP contribution in [0, 0.1) is 5.41 Å². The molecule has 0 bridgehead atoms. The van der Waals surface area contributed by atoms with Crippen molar-refractivity contribution in [3.63, 3.8) is 0 Å². The maximum Gasteiger partial charge on any atom is 0.145 e. The Morgan fingerprint density at radius 3 is 2.50 bits per heavy atom. The SMILES string of the molecule is Cl.N=C(N)COc1ccc2ccccc2c1. The first-order chi connectivity index (χ1) is 7.25. The molecule has 0 atom stereocenters. The Labute approximate surface area is 100 Å². The number of hydrogen-bond donors (Lipinski definition) is 2. The van der Waals surface area contributed by atoms with Crippen molar-refractivity contribution in [2.24, 2.45) is 5.73 Å². The van der Waals surface area contributed by atoms with Crippen LogP contribution in [0.2, 0.25) is 0 Å². The van der Waals surface area contributed by atoms with Crippen molar-refractivity contribution in [3.05, 3.63) is 42.5 Å². The van der Waals surface area contributed by atoms with E-state index in [0.29, 0.717) is 0 Å². The Hall–Kier alpha value is -1.74. The Kier molecular flexibility index (Phi) is 4.14. The third-order valence-corrected chi connectivity index (χ3v) is 2.12. The maximum absolute atomic E-state index is 7.06. The van der Waals surface area contributed by atoms with E-state index in [2.05, 4.69) is 0 Å². The topological polar surface area (TPSA) is 59.1 Å². The zero-order valence-corrected chi connectivity index (χ0v) is 9.46. The van der Waals surface area contributed by atoms with Gasteiger partial charge in [0.1, 0.15) is 18.2 Å². The summed E-state index contributed by atoms with van der Waals surface area (Å²) < 4.78 is 5.33. The fraction of sp³-hybridized carbons (Fsp3) is 0.0833. The molecule has 4 heteroatoms. The van der Waals surface area contributed by atoms with Gasteiger partial charge in [0.25, 0.3) is 0 Å². The van der Waals surface area contributed by atoms with E-state index >= 15 is 0 Å². The third-order valence-electron chi connectivity index (χ3n) is 2.12. The number of hydrogen-bond acceptors (Lipinski definition) is 2. The molecule has 0 saturated heterocycles. The van der Waals surface area contributed by atoms with Gasteiger partial charge >= 0.3 is 0 Å². The molecule has 0 fully saturated rings. The molecule has 84 valence electrons. The van der Waals surface area contributed by atoms with Crippen LogP contribution in [0.1, 0.15) is 0 Å². The summed E-state index contributed by atoms with van der Waals surface area (Å²) in [5.41, 5.74) is 5.21. The van der Waals surface area contributed by atoms with Crippen LogP contribution in [-0.2, 0) is 0 Å². The van der Waals surface area contributed by atoms with E-state index in [9.17, 15) is 0 Å². The van der Waals surface area contributed by atoms with E-state index in [1.54, 1.807) is 0 Å². The third kappa shape index (κ3) is 2.87. The highest BCUT2D eigenvalue weighted by Gasteiger charge is 1.97. The number of rotatable bonds is 3. The predicted octanol–water partition coefficient (Wildman–Crippen LogP) is 2.58. The van der Waals surface area contributed by atoms with Gasteiger partial charge in [0.2, 0.25) is 0 Å². The second-order valence-corrected chi connectivity index (χ2v) is 3.32. The van der Waals surface area contributed by atoms with Gasteiger partial charge < -0.3 is 10.5 Å². The zero-order valence-electron chi connectivity index (χ0n) is 8.64. The average Bonchev–Trinajstić information content (AvgIpc) is 2.26. The highest BCUT2D eigenvalue weighted by molar-refractivity contribution is 5.85. The van der Waals surface area contributed by atoms with Gasteiger partial charge in [-0.2, -0.15) is 0 Å². The number of nitrogens with one attached hydrogen (secondary N) is 1. The minimum Gasteiger partial charge on any atom is -0.486 e. The van der Waals surface area contributed by atoms with Crippen LogP contribution in [0.5, 0.6) is 5.75 Å². The van der Waals surface area contributed by atoms with E-state index < -0.39 is 0 Å². The van der Waals surface area contributed by atoms with E-state index in [1.807, 2.05) is 42.5 Å². The van der Waals surface area contributed by atoms with Crippen molar-refractivity contribution in [1.82, 2.24) is 0 Å². The smallest absolute Gasteiger partial charge is 0.145 e. The minimum absolute atomic E-state index is 0. The lowest BCUT2D eigenvalue weighted by atomic mass is 10.1. The number of benzene rings is 2. The number of ether oxygens (including phenoxy) is 1. The van der Waals surface area contributed by atoms with Crippen molar-refractivity contribution in [3.8, 4) is 5.75 Å². The molecule has 0 aromatic heterocycles. The Morgan fingerprint density at radius 2 is 1.81 bits per heavy atom. The van der Waals surface area contributed by atoms with Crippen LogP contribution >= 0.6 is 12.4 Å². The summed E-state index contributed by atoms with van der Waals surface area (Å²) in [6.45, 7) is 0.137. The lowest BCUT2D eigenvalue weighted by Crippen LogP contribution is -2.19. The monoisotopic (exact) mass is 236 g/mol. The molecule has 2 rings (SSSR count). The number of halogens is 1. The first-order valence-electron chi connectivity index (χ1n) is 4.70. The molecule has 0 amide bonds. The van der Waals surface area contributed by atoms with Crippen molar-refractivity contribution in [2.45, 2.75) is 0 Å². The van der Waals surface area contributed by atoms with Crippen molar-refractivity contribution in [2.75, 3.05) is 6.61 Å². The molecule has 0 unspecified atom stereocenters. The van der Waals surface area contributed by atoms with Crippen LogP contribution in [0.3, 0.4) is 0 Å². The zero-order chi connectivity index (χ0) is 10.7. The molecule has 0 aliphatic heterocycles. The molecular formula is C12H13ClN2O. The van der Waals surface area contributed by atoms with Crippen LogP contribution < -0.4 is 10.5 Å². The molecule has 0 radical (unpaired) electrons. The Morgan fingerprint density at radius 1 is 1.12 bits per heavy atom. The largest absolute Gasteiger partial charge is 0.486 e. The molecular weight excluding hydrogens is 224 g/mol. The fourth-order valence-corrected chi connectivity index (χ4v) is 1.42. The molecule has 0 aliphatic carbocycles. The molecule has 16 heavy (non-hydrogen) atoms. The predicted molar refractivity (Wildman–Crippen MR) is 68.6 cm³/mol. The summed E-state index contributed by atoms with van der Waals surface area (Å²) in [6.07, 6.45) is 0. The van der Waals surface area contributed by atoms with Gasteiger partial charge in [-0.15, -0.1) is 12.4 Å². The molecule has 0 aliphatic rings. The van der Waals surface area contributed by atoms with E-state index in [-0.39, 0.29) is 24.8 Å². The van der Waals surface area contributed by atoms with Crippen LogP contribution in [0.4, 0.5) is 0 Å². The first-order valence-corrected chi connectivity index (χ1v) is 4.70. The lowest BCUT2D eigenvalue weighted by molar-refractivity contribution is 0.375. The molecule has 0 saturated carbocycles. The van der Waals surface area contributed by atoms with Gasteiger partial charge in [-0.25, -0.2) is 0 Å². The first kappa shape index (κ1) is 12.3. The minimum atomic E-state index is 0. The standard InChI is InChI=1S/C12H12N2O.ClH/c13-12(14)8-15-11-6-5-9-3-1-2-4-10(9)7-11;/h1-7H,8H2,(H3,13,14);1H. The van der Waals surface area contributed by atoms with Crippen molar-refractivity contribution in [1.29, 1.82) is 5.41 Å². The van der Waals surface area contributed by atoms with Crippen LogP contribution in [0.15, 0.2) is 42.5 Å². The Bertz CT molecular complexity index is 499. The second kappa shape index (κ2) is 5.37. The molecule has 3 N–H and O–H groups in total. The summed E-state index contributed by atoms with van der Waals surface area (Å²) in [4.78, 5) is 0. The highest BCUT2D eigenvalue weighted by atomic mass is 35.5. The maximum atomic E-state index is 7.06. The molecule has 2 aromatic carbocycles. The molecule has 2 aromatic rings. The summed E-state index contributed by atoms with van der Waals surface area (Å²) in [6, 6.07) is 13.9. The quantitative estimate of drug-likeness (QED) is 0.636. The van der Waals surface area contributed by atoms with E-state index in [1.165, 1.54) is 5.39 Å². The Balaban J connectivity index is 0.00000128. The normalized spacial score (nSPS) is 9.50. The van der Waals surface area contributed by atoms with Gasteiger partial charge in [0.05, 0.1) is 0 Å². The second-order valence-electron chi connectivity index (χ2n) is 3.32. The van der Waals surface area contributed by atoms with Gasteiger partial charge in [-0.05, 0) is 22.9 Å². The summed E-state index contributed by atoms with van der Waals surface area (Å²) in [5, 5.41) is 9.36. The summed E-state index contributed by atoms with van der Waals surface area (Å²) in [7, 11) is 0. The van der Waals surface area contributed by atoms with E-state index in [0.717, 1.165) is 11.1 Å². The number of nitrogens with two attached hydrogens (primary N) is 1. The average molecular weight is 237 g/mol. The highest BCUT2D eigenvalue weighted by Crippen LogP contribution is 2.20. The van der Waals surface area contributed by atoms with Crippen molar-refractivity contribution >= 4 is 29.0 Å². The molecule has 0 heterocycles. The molecule has 3 nitrogen and oxygen atoms in total. The van der Waals surface area contributed by atoms with Gasteiger partial charge in [0, 0.05) is 0 Å². The van der Waals surface area contributed by atoms with Crippen LogP contribution in [0.25, 0.3) is 10.8 Å². The number of fused-ring (bicyclic) bond motifs is 1. The van der Waals surface area contributed by atoms with Crippen molar-refractivity contribution < 1.29 is 4.74 Å².